The number of hydrogen-bond donors (Lipinski definition) is 0. The van der Waals surface area contributed by atoms with Gasteiger partial charge in [0, 0.05) is 18.5 Å². The Morgan fingerprint density at radius 1 is 1.12 bits per heavy atom. The highest BCUT2D eigenvalue weighted by atomic mass is 19.4. The number of aryl methyl sites for hydroxylation is 1. The number of rotatable bonds is 2. The van der Waals surface area contributed by atoms with Gasteiger partial charge in [0.15, 0.2) is 0 Å². The maximum atomic E-state index is 12.8. The Labute approximate surface area is 150 Å². The van der Waals surface area contributed by atoms with Crippen molar-refractivity contribution in [2.75, 3.05) is 14.2 Å². The molecule has 2 atom stereocenters. The lowest BCUT2D eigenvalue weighted by molar-refractivity contribution is -0.137. The maximum Gasteiger partial charge on any atom is 0.416 e. The minimum Gasteiger partial charge on any atom is -0.497 e. The van der Waals surface area contributed by atoms with Gasteiger partial charge in [0.25, 0.3) is 0 Å². The van der Waals surface area contributed by atoms with E-state index in [1.807, 2.05) is 30.3 Å². The molecule has 2 aromatic carbocycles. The van der Waals surface area contributed by atoms with E-state index in [-0.39, 0.29) is 12.0 Å². The van der Waals surface area contributed by atoms with Gasteiger partial charge in [-0.1, -0.05) is 12.1 Å². The van der Waals surface area contributed by atoms with Crippen LogP contribution in [0.3, 0.4) is 0 Å². The number of benzene rings is 2. The Hall–Kier alpha value is -2.50. The summed E-state index contributed by atoms with van der Waals surface area (Å²) in [5.41, 5.74) is 3.58. The van der Waals surface area contributed by atoms with Crippen molar-refractivity contribution in [1.29, 1.82) is 0 Å². The fraction of sp³-hybridized carbons (Fsp3) is 0.350. The SMILES string of the molecule is COc1ccc2c(c1)CC[C@@H]1C2=NN(C)[C@@H]1c1ccc(C(F)(F)F)cc1. The second kappa shape index (κ2) is 6.04. The second-order valence-electron chi connectivity index (χ2n) is 6.79. The summed E-state index contributed by atoms with van der Waals surface area (Å²) in [4.78, 5) is 0. The fourth-order valence-corrected chi connectivity index (χ4v) is 4.05. The number of methoxy groups -OCH3 is 1. The average molecular weight is 360 g/mol. The van der Waals surface area contributed by atoms with Crippen LogP contribution in [0.4, 0.5) is 13.2 Å². The van der Waals surface area contributed by atoms with Crippen molar-refractivity contribution in [3.8, 4) is 5.75 Å². The van der Waals surface area contributed by atoms with Crippen LogP contribution in [0.15, 0.2) is 47.6 Å². The highest BCUT2D eigenvalue weighted by Gasteiger charge is 2.40. The molecule has 0 fully saturated rings. The summed E-state index contributed by atoms with van der Waals surface area (Å²) in [6.45, 7) is 0. The van der Waals surface area contributed by atoms with Crippen LogP contribution in [0.2, 0.25) is 0 Å². The van der Waals surface area contributed by atoms with Crippen molar-refractivity contribution in [1.82, 2.24) is 5.01 Å². The summed E-state index contributed by atoms with van der Waals surface area (Å²) >= 11 is 0. The van der Waals surface area contributed by atoms with E-state index in [1.54, 1.807) is 19.2 Å². The zero-order chi connectivity index (χ0) is 18.5. The van der Waals surface area contributed by atoms with Gasteiger partial charge >= 0.3 is 6.18 Å². The van der Waals surface area contributed by atoms with E-state index < -0.39 is 11.7 Å². The largest absolute Gasteiger partial charge is 0.497 e. The lowest BCUT2D eigenvalue weighted by Gasteiger charge is -2.29. The third-order valence-electron chi connectivity index (χ3n) is 5.29. The molecule has 1 heterocycles. The fourth-order valence-electron chi connectivity index (χ4n) is 4.05. The van der Waals surface area contributed by atoms with Crippen LogP contribution in [0.5, 0.6) is 5.75 Å². The van der Waals surface area contributed by atoms with E-state index in [2.05, 4.69) is 0 Å². The molecule has 0 saturated heterocycles. The molecule has 6 heteroatoms. The first kappa shape index (κ1) is 16.9. The second-order valence-corrected chi connectivity index (χ2v) is 6.79. The van der Waals surface area contributed by atoms with Crippen LogP contribution in [0.25, 0.3) is 0 Å². The van der Waals surface area contributed by atoms with Crippen molar-refractivity contribution in [2.45, 2.75) is 25.1 Å². The third kappa shape index (κ3) is 2.73. The Morgan fingerprint density at radius 2 is 1.85 bits per heavy atom. The van der Waals surface area contributed by atoms with Crippen molar-refractivity contribution in [3.63, 3.8) is 0 Å². The molecule has 2 aromatic rings. The number of ether oxygens (including phenoxy) is 1. The van der Waals surface area contributed by atoms with Gasteiger partial charge in [0.2, 0.25) is 0 Å². The molecular weight excluding hydrogens is 341 g/mol. The van der Waals surface area contributed by atoms with Crippen molar-refractivity contribution >= 4 is 5.71 Å². The predicted molar refractivity (Wildman–Crippen MR) is 93.3 cm³/mol. The summed E-state index contributed by atoms with van der Waals surface area (Å²) in [7, 11) is 3.53. The van der Waals surface area contributed by atoms with Crippen molar-refractivity contribution in [3.05, 3.63) is 64.7 Å². The number of fused-ring (bicyclic) bond motifs is 3. The highest BCUT2D eigenvalue weighted by molar-refractivity contribution is 6.05. The maximum absolute atomic E-state index is 12.8. The van der Waals surface area contributed by atoms with Gasteiger partial charge in [-0.15, -0.1) is 0 Å². The molecule has 0 spiro atoms. The van der Waals surface area contributed by atoms with Gasteiger partial charge in [0.1, 0.15) is 5.75 Å². The Morgan fingerprint density at radius 3 is 2.50 bits per heavy atom. The molecule has 136 valence electrons. The molecule has 0 saturated carbocycles. The van der Waals surface area contributed by atoms with Gasteiger partial charge in [-0.2, -0.15) is 18.3 Å². The van der Waals surface area contributed by atoms with E-state index in [0.29, 0.717) is 0 Å². The Bertz CT molecular complexity index is 858. The molecule has 1 aliphatic carbocycles. The standard InChI is InChI=1S/C20H19F3N2O/c1-25-19(12-3-6-14(7-4-12)20(21,22)23)17-9-5-13-11-15(26-2)8-10-16(13)18(17)24-25/h3-4,6-8,10-11,17,19H,5,9H2,1-2H3/t17-,19-/m1/s1. The zero-order valence-corrected chi connectivity index (χ0v) is 14.5. The first-order chi connectivity index (χ1) is 12.4. The Balaban J connectivity index is 1.66. The van der Waals surface area contributed by atoms with Gasteiger partial charge < -0.3 is 4.74 Å². The quantitative estimate of drug-likeness (QED) is 0.778. The van der Waals surface area contributed by atoms with E-state index in [4.69, 9.17) is 9.84 Å². The summed E-state index contributed by atoms with van der Waals surface area (Å²) < 4.78 is 43.8. The molecular formula is C20H19F3N2O. The van der Waals surface area contributed by atoms with Crippen LogP contribution >= 0.6 is 0 Å². The molecule has 0 amide bonds. The van der Waals surface area contributed by atoms with Crippen LogP contribution in [-0.2, 0) is 12.6 Å². The minimum atomic E-state index is -4.31. The zero-order valence-electron chi connectivity index (χ0n) is 14.5. The topological polar surface area (TPSA) is 24.8 Å². The van der Waals surface area contributed by atoms with Gasteiger partial charge in [-0.3, -0.25) is 5.01 Å². The summed E-state index contributed by atoms with van der Waals surface area (Å²) in [6, 6.07) is 11.4. The molecule has 0 bridgehead atoms. The van der Waals surface area contributed by atoms with Crippen LogP contribution in [-0.4, -0.2) is 24.9 Å². The van der Waals surface area contributed by atoms with E-state index >= 15 is 0 Å². The molecule has 2 aliphatic rings. The van der Waals surface area contributed by atoms with Crippen LogP contribution < -0.4 is 4.74 Å². The van der Waals surface area contributed by atoms with Gasteiger partial charge in [-0.25, -0.2) is 0 Å². The number of hydrogen-bond acceptors (Lipinski definition) is 3. The lowest BCUT2D eigenvalue weighted by atomic mass is 9.77. The minimum absolute atomic E-state index is 0.0393. The number of hydrazone groups is 1. The first-order valence-electron chi connectivity index (χ1n) is 8.54. The van der Waals surface area contributed by atoms with Crippen LogP contribution in [0, 0.1) is 5.92 Å². The smallest absolute Gasteiger partial charge is 0.416 e. The number of alkyl halides is 3. The van der Waals surface area contributed by atoms with E-state index in [0.717, 1.165) is 47.6 Å². The summed E-state index contributed by atoms with van der Waals surface area (Å²) in [5, 5.41) is 6.60. The average Bonchev–Trinajstić information content (AvgIpc) is 2.96. The first-order valence-corrected chi connectivity index (χ1v) is 8.54. The highest BCUT2D eigenvalue weighted by Crippen LogP contribution is 2.43. The number of halogens is 3. The monoisotopic (exact) mass is 360 g/mol. The molecule has 0 aromatic heterocycles. The normalized spacial score (nSPS) is 21.9. The molecule has 0 unspecified atom stereocenters. The van der Waals surface area contributed by atoms with Crippen LogP contribution in [0.1, 0.15) is 34.7 Å². The molecule has 26 heavy (non-hydrogen) atoms. The lowest BCUT2D eigenvalue weighted by Crippen LogP contribution is -2.27. The third-order valence-corrected chi connectivity index (χ3v) is 5.29. The predicted octanol–water partition coefficient (Wildman–Crippen LogP) is 4.67. The molecule has 3 nitrogen and oxygen atoms in total. The molecule has 1 aliphatic heterocycles. The molecule has 0 radical (unpaired) electrons. The van der Waals surface area contributed by atoms with Crippen molar-refractivity contribution in [2.24, 2.45) is 11.0 Å². The number of nitrogens with zero attached hydrogens (tertiary/aromatic N) is 2. The van der Waals surface area contributed by atoms with E-state index in [9.17, 15) is 13.2 Å². The van der Waals surface area contributed by atoms with Gasteiger partial charge in [0.05, 0.1) is 24.4 Å². The van der Waals surface area contributed by atoms with Gasteiger partial charge in [-0.05, 0) is 54.3 Å². The Kier molecular flexibility index (Phi) is 3.93. The molecule has 4 rings (SSSR count). The van der Waals surface area contributed by atoms with E-state index in [1.165, 1.54) is 5.56 Å². The van der Waals surface area contributed by atoms with Crippen molar-refractivity contribution < 1.29 is 17.9 Å². The summed E-state index contributed by atoms with van der Waals surface area (Å²) in [5.74, 6) is 1.01. The molecule has 0 N–H and O–H groups in total. The summed E-state index contributed by atoms with van der Waals surface area (Å²) in [6.07, 6.45) is -2.50.